The monoisotopic (exact) mass is 266 g/mol. The van der Waals surface area contributed by atoms with Crippen molar-refractivity contribution in [3.8, 4) is 5.75 Å². The molecule has 0 N–H and O–H groups in total. The predicted molar refractivity (Wildman–Crippen MR) is 62.9 cm³/mol. The van der Waals surface area contributed by atoms with E-state index in [1.807, 2.05) is 18.2 Å². The summed E-state index contributed by atoms with van der Waals surface area (Å²) in [5.74, 6) is 1.01. The Labute approximate surface area is 97.1 Å². The topological polar surface area (TPSA) is 26.3 Å². The van der Waals surface area contributed by atoms with Crippen molar-refractivity contribution in [3.05, 3.63) is 34.3 Å². The minimum absolute atomic E-state index is 0.204. The summed E-state index contributed by atoms with van der Waals surface area (Å²) in [7, 11) is 1.64. The standard InChI is InChI=1S/C12H11BrO2/c1-15-12-7-9(13)3-5-11(12)8-2-4-10(14)6-8/h3,5-7H,2,4H2,1H3. The fraction of sp³-hybridized carbons (Fsp3) is 0.250. The van der Waals surface area contributed by atoms with Crippen molar-refractivity contribution in [2.24, 2.45) is 0 Å². The molecule has 0 aliphatic heterocycles. The summed E-state index contributed by atoms with van der Waals surface area (Å²) in [6.45, 7) is 0. The minimum Gasteiger partial charge on any atom is -0.496 e. The summed E-state index contributed by atoms with van der Waals surface area (Å²) in [4.78, 5) is 11.2. The number of carbonyl (C=O) groups is 1. The van der Waals surface area contributed by atoms with Gasteiger partial charge in [-0.2, -0.15) is 0 Å². The SMILES string of the molecule is COc1cc(Br)ccc1C1=CC(=O)CC1. The van der Waals surface area contributed by atoms with E-state index >= 15 is 0 Å². The number of carbonyl (C=O) groups excluding carboxylic acids is 1. The van der Waals surface area contributed by atoms with Gasteiger partial charge in [0, 0.05) is 16.5 Å². The maximum absolute atomic E-state index is 11.2. The minimum atomic E-state index is 0.204. The molecule has 0 atom stereocenters. The molecular formula is C12H11BrO2. The van der Waals surface area contributed by atoms with Crippen molar-refractivity contribution in [1.82, 2.24) is 0 Å². The molecule has 0 saturated heterocycles. The molecule has 1 aliphatic carbocycles. The molecule has 3 heteroatoms. The molecule has 0 heterocycles. The summed E-state index contributed by atoms with van der Waals surface area (Å²) >= 11 is 3.39. The molecule has 1 aromatic rings. The third-order valence-electron chi connectivity index (χ3n) is 2.49. The Morgan fingerprint density at radius 1 is 1.33 bits per heavy atom. The largest absolute Gasteiger partial charge is 0.496 e. The third kappa shape index (κ3) is 2.12. The number of ether oxygens (including phenoxy) is 1. The Balaban J connectivity index is 2.44. The number of halogens is 1. The Morgan fingerprint density at radius 3 is 2.73 bits per heavy atom. The summed E-state index contributed by atoms with van der Waals surface area (Å²) in [6, 6.07) is 5.85. The van der Waals surface area contributed by atoms with Crippen LogP contribution in [0.2, 0.25) is 0 Å². The maximum atomic E-state index is 11.2. The van der Waals surface area contributed by atoms with Gasteiger partial charge < -0.3 is 4.74 Å². The zero-order valence-electron chi connectivity index (χ0n) is 8.42. The van der Waals surface area contributed by atoms with Gasteiger partial charge in [0.15, 0.2) is 5.78 Å². The van der Waals surface area contributed by atoms with Crippen LogP contribution in [0.15, 0.2) is 28.7 Å². The fourth-order valence-electron chi connectivity index (χ4n) is 1.74. The zero-order valence-corrected chi connectivity index (χ0v) is 10.0. The second kappa shape index (κ2) is 4.19. The van der Waals surface area contributed by atoms with Gasteiger partial charge in [0.1, 0.15) is 5.75 Å². The van der Waals surface area contributed by atoms with Gasteiger partial charge in [0.25, 0.3) is 0 Å². The normalized spacial score (nSPS) is 15.3. The lowest BCUT2D eigenvalue weighted by atomic mass is 10.0. The van der Waals surface area contributed by atoms with Gasteiger partial charge in [0.05, 0.1) is 7.11 Å². The molecule has 0 saturated carbocycles. The van der Waals surface area contributed by atoms with E-state index in [4.69, 9.17) is 4.74 Å². The highest BCUT2D eigenvalue weighted by molar-refractivity contribution is 9.10. The Kier molecular flexibility index (Phi) is 2.91. The number of allylic oxidation sites excluding steroid dienone is 2. The van der Waals surface area contributed by atoms with Crippen LogP contribution in [0, 0.1) is 0 Å². The summed E-state index contributed by atoms with van der Waals surface area (Å²) in [5, 5.41) is 0. The molecule has 2 nitrogen and oxygen atoms in total. The van der Waals surface area contributed by atoms with Gasteiger partial charge in [-0.1, -0.05) is 15.9 Å². The molecule has 2 rings (SSSR count). The van der Waals surface area contributed by atoms with E-state index in [1.165, 1.54) is 0 Å². The van der Waals surface area contributed by atoms with Crippen LogP contribution in [0.1, 0.15) is 18.4 Å². The van der Waals surface area contributed by atoms with Crippen molar-refractivity contribution in [3.63, 3.8) is 0 Å². The number of hydrogen-bond donors (Lipinski definition) is 0. The summed E-state index contributed by atoms with van der Waals surface area (Å²) in [6.07, 6.45) is 3.15. The van der Waals surface area contributed by atoms with Crippen molar-refractivity contribution in [2.45, 2.75) is 12.8 Å². The van der Waals surface area contributed by atoms with Crippen LogP contribution in [0.5, 0.6) is 5.75 Å². The van der Waals surface area contributed by atoms with E-state index in [0.717, 1.165) is 27.8 Å². The molecule has 0 bridgehead atoms. The van der Waals surface area contributed by atoms with Crippen molar-refractivity contribution in [2.75, 3.05) is 7.11 Å². The van der Waals surface area contributed by atoms with Gasteiger partial charge in [-0.25, -0.2) is 0 Å². The molecule has 1 aliphatic rings. The van der Waals surface area contributed by atoms with Gasteiger partial charge in [-0.05, 0) is 36.3 Å². The van der Waals surface area contributed by atoms with Gasteiger partial charge in [0.2, 0.25) is 0 Å². The average molecular weight is 267 g/mol. The highest BCUT2D eigenvalue weighted by Crippen LogP contribution is 2.34. The Bertz CT molecular complexity index is 435. The van der Waals surface area contributed by atoms with E-state index in [-0.39, 0.29) is 5.78 Å². The molecular weight excluding hydrogens is 256 g/mol. The predicted octanol–water partition coefficient (Wildman–Crippen LogP) is 3.20. The number of methoxy groups -OCH3 is 1. The van der Waals surface area contributed by atoms with E-state index in [0.29, 0.717) is 6.42 Å². The summed E-state index contributed by atoms with van der Waals surface area (Å²) < 4.78 is 6.27. The molecule has 78 valence electrons. The summed E-state index contributed by atoms with van der Waals surface area (Å²) in [5.41, 5.74) is 2.09. The van der Waals surface area contributed by atoms with Crippen LogP contribution in [0.25, 0.3) is 5.57 Å². The lowest BCUT2D eigenvalue weighted by Gasteiger charge is -2.09. The van der Waals surface area contributed by atoms with Crippen LogP contribution in [-0.4, -0.2) is 12.9 Å². The molecule has 0 unspecified atom stereocenters. The van der Waals surface area contributed by atoms with Crippen LogP contribution in [0.3, 0.4) is 0 Å². The Hall–Kier alpha value is -1.09. The first-order chi connectivity index (χ1) is 7.20. The molecule has 0 radical (unpaired) electrons. The molecule has 0 aromatic heterocycles. The quantitative estimate of drug-likeness (QED) is 0.822. The van der Waals surface area contributed by atoms with E-state index in [1.54, 1.807) is 13.2 Å². The Morgan fingerprint density at radius 2 is 2.13 bits per heavy atom. The van der Waals surface area contributed by atoms with Crippen LogP contribution in [0.4, 0.5) is 0 Å². The highest BCUT2D eigenvalue weighted by Gasteiger charge is 2.16. The second-order valence-electron chi connectivity index (χ2n) is 3.48. The number of hydrogen-bond acceptors (Lipinski definition) is 2. The lowest BCUT2D eigenvalue weighted by molar-refractivity contribution is -0.114. The smallest absolute Gasteiger partial charge is 0.156 e. The van der Waals surface area contributed by atoms with Crippen LogP contribution >= 0.6 is 15.9 Å². The van der Waals surface area contributed by atoms with Crippen molar-refractivity contribution < 1.29 is 9.53 Å². The van der Waals surface area contributed by atoms with Gasteiger partial charge in [-0.15, -0.1) is 0 Å². The van der Waals surface area contributed by atoms with Crippen LogP contribution < -0.4 is 4.74 Å². The maximum Gasteiger partial charge on any atom is 0.156 e. The molecule has 0 spiro atoms. The first-order valence-corrected chi connectivity index (χ1v) is 5.57. The second-order valence-corrected chi connectivity index (χ2v) is 4.40. The van der Waals surface area contributed by atoms with Crippen LogP contribution in [-0.2, 0) is 4.79 Å². The highest BCUT2D eigenvalue weighted by atomic mass is 79.9. The van der Waals surface area contributed by atoms with E-state index in [2.05, 4.69) is 15.9 Å². The molecule has 0 fully saturated rings. The number of ketones is 1. The molecule has 15 heavy (non-hydrogen) atoms. The number of benzene rings is 1. The zero-order chi connectivity index (χ0) is 10.8. The third-order valence-corrected chi connectivity index (χ3v) is 2.98. The van der Waals surface area contributed by atoms with E-state index < -0.39 is 0 Å². The van der Waals surface area contributed by atoms with Crippen molar-refractivity contribution in [1.29, 1.82) is 0 Å². The van der Waals surface area contributed by atoms with Gasteiger partial charge >= 0.3 is 0 Å². The first kappa shape index (κ1) is 10.4. The molecule has 0 amide bonds. The van der Waals surface area contributed by atoms with Gasteiger partial charge in [-0.3, -0.25) is 4.79 Å². The number of rotatable bonds is 2. The fourth-order valence-corrected chi connectivity index (χ4v) is 2.08. The van der Waals surface area contributed by atoms with Crippen molar-refractivity contribution >= 4 is 27.3 Å². The molecule has 1 aromatic carbocycles. The average Bonchev–Trinajstić information content (AvgIpc) is 2.64. The van der Waals surface area contributed by atoms with E-state index in [9.17, 15) is 4.79 Å². The first-order valence-electron chi connectivity index (χ1n) is 4.78. The lowest BCUT2D eigenvalue weighted by Crippen LogP contribution is -1.90.